The summed E-state index contributed by atoms with van der Waals surface area (Å²) < 4.78 is 0.958. The number of rotatable bonds is 3. The summed E-state index contributed by atoms with van der Waals surface area (Å²) in [6.07, 6.45) is 1.50. The minimum atomic E-state index is -0.346. The fraction of sp³-hybridized carbons (Fsp3) is 0. The van der Waals surface area contributed by atoms with E-state index in [1.165, 1.54) is 17.6 Å². The van der Waals surface area contributed by atoms with Crippen molar-refractivity contribution in [2.24, 2.45) is 5.10 Å². The summed E-state index contributed by atoms with van der Waals surface area (Å²) in [5, 5.41) is 14.4. The highest BCUT2D eigenvalue weighted by Crippen LogP contribution is 2.34. The summed E-state index contributed by atoms with van der Waals surface area (Å²) in [6.45, 7) is 0. The van der Waals surface area contributed by atoms with E-state index in [0.29, 0.717) is 9.90 Å². The van der Waals surface area contributed by atoms with Crippen LogP contribution in [-0.4, -0.2) is 17.2 Å². The minimum absolute atomic E-state index is 0.179. The number of carbonyl (C=O) groups excluding carboxylic acids is 1. The van der Waals surface area contributed by atoms with Crippen LogP contribution in [0.5, 0.6) is 5.75 Å². The van der Waals surface area contributed by atoms with Crippen LogP contribution in [0, 0.1) is 0 Å². The van der Waals surface area contributed by atoms with Crippen LogP contribution in [0.1, 0.15) is 15.2 Å². The van der Waals surface area contributed by atoms with Crippen LogP contribution in [0.15, 0.2) is 53.6 Å². The van der Waals surface area contributed by atoms with Gasteiger partial charge in [-0.1, -0.05) is 29.8 Å². The Morgan fingerprint density at radius 2 is 1.91 bits per heavy atom. The lowest BCUT2D eigenvalue weighted by Crippen LogP contribution is -2.16. The van der Waals surface area contributed by atoms with Gasteiger partial charge in [-0.25, -0.2) is 5.43 Å². The summed E-state index contributed by atoms with van der Waals surface area (Å²) >= 11 is 7.56. The molecule has 0 aliphatic heterocycles. The van der Waals surface area contributed by atoms with Crippen molar-refractivity contribution >= 4 is 45.1 Å². The van der Waals surface area contributed by atoms with E-state index in [1.54, 1.807) is 24.3 Å². The molecule has 22 heavy (non-hydrogen) atoms. The van der Waals surface area contributed by atoms with E-state index in [2.05, 4.69) is 10.5 Å². The Balaban J connectivity index is 1.76. The summed E-state index contributed by atoms with van der Waals surface area (Å²) in [4.78, 5) is 12.6. The highest BCUT2D eigenvalue weighted by Gasteiger charge is 2.16. The topological polar surface area (TPSA) is 61.7 Å². The Kier molecular flexibility index (Phi) is 4.09. The molecule has 0 saturated carbocycles. The zero-order valence-electron chi connectivity index (χ0n) is 11.3. The van der Waals surface area contributed by atoms with Crippen molar-refractivity contribution in [3.63, 3.8) is 0 Å². The Morgan fingerprint density at radius 1 is 1.18 bits per heavy atom. The number of nitrogens with zero attached hydrogens (tertiary/aromatic N) is 1. The normalized spacial score (nSPS) is 11.1. The Morgan fingerprint density at radius 3 is 2.64 bits per heavy atom. The van der Waals surface area contributed by atoms with Crippen LogP contribution >= 0.6 is 22.9 Å². The molecule has 1 aromatic heterocycles. The number of hydrogen-bond donors (Lipinski definition) is 2. The standard InChI is InChI=1S/C16H11ClN2O2S/c17-14-12-3-1-2-4-13(12)22-15(14)16(21)19-18-9-10-5-7-11(20)8-6-10/h1-9,20H,(H,19,21)/b18-9-. The van der Waals surface area contributed by atoms with Crippen molar-refractivity contribution in [3.05, 3.63) is 64.0 Å². The number of hydrazone groups is 1. The first-order valence-electron chi connectivity index (χ1n) is 6.44. The Bertz CT molecular complexity index is 856. The lowest BCUT2D eigenvalue weighted by Gasteiger charge is -1.97. The quantitative estimate of drug-likeness (QED) is 0.562. The third-order valence-corrected chi connectivity index (χ3v) is 4.69. The first kappa shape index (κ1) is 14.6. The molecule has 3 rings (SSSR count). The van der Waals surface area contributed by atoms with Gasteiger partial charge in [0.25, 0.3) is 5.91 Å². The maximum Gasteiger partial charge on any atom is 0.283 e. The predicted molar refractivity (Wildman–Crippen MR) is 90.0 cm³/mol. The van der Waals surface area contributed by atoms with E-state index in [0.717, 1.165) is 15.6 Å². The van der Waals surface area contributed by atoms with Gasteiger partial charge < -0.3 is 5.11 Å². The molecule has 0 spiro atoms. The first-order valence-corrected chi connectivity index (χ1v) is 7.64. The molecule has 2 N–H and O–H groups in total. The molecule has 6 heteroatoms. The van der Waals surface area contributed by atoms with Crippen molar-refractivity contribution in [2.75, 3.05) is 0 Å². The molecular formula is C16H11ClN2O2S. The number of fused-ring (bicyclic) bond motifs is 1. The molecule has 0 atom stereocenters. The molecule has 0 aliphatic carbocycles. The van der Waals surface area contributed by atoms with E-state index in [-0.39, 0.29) is 11.7 Å². The molecule has 2 aromatic carbocycles. The highest BCUT2D eigenvalue weighted by atomic mass is 35.5. The van der Waals surface area contributed by atoms with Gasteiger partial charge in [0.15, 0.2) is 0 Å². The van der Waals surface area contributed by atoms with Crippen LogP contribution in [0.4, 0.5) is 0 Å². The van der Waals surface area contributed by atoms with Crippen LogP contribution in [0.3, 0.4) is 0 Å². The molecule has 0 bridgehead atoms. The lowest BCUT2D eigenvalue weighted by atomic mass is 10.2. The fourth-order valence-corrected chi connectivity index (χ4v) is 3.34. The number of hydrogen-bond acceptors (Lipinski definition) is 4. The van der Waals surface area contributed by atoms with Gasteiger partial charge in [-0.05, 0) is 35.9 Å². The zero-order chi connectivity index (χ0) is 15.5. The number of amides is 1. The van der Waals surface area contributed by atoms with Gasteiger partial charge in [0.2, 0.25) is 0 Å². The van der Waals surface area contributed by atoms with Crippen molar-refractivity contribution in [3.8, 4) is 5.75 Å². The number of nitrogens with one attached hydrogen (secondary N) is 1. The summed E-state index contributed by atoms with van der Waals surface area (Å²) in [5.74, 6) is -0.167. The second-order valence-electron chi connectivity index (χ2n) is 4.53. The number of aromatic hydroxyl groups is 1. The first-order chi connectivity index (χ1) is 10.6. The molecule has 0 unspecified atom stereocenters. The van der Waals surface area contributed by atoms with Crippen molar-refractivity contribution in [1.82, 2.24) is 5.43 Å². The average molecular weight is 331 g/mol. The molecule has 1 amide bonds. The van der Waals surface area contributed by atoms with Gasteiger partial charge in [-0.2, -0.15) is 5.10 Å². The molecule has 4 nitrogen and oxygen atoms in total. The molecule has 3 aromatic rings. The number of phenolic OH excluding ortho intramolecular Hbond substituents is 1. The smallest absolute Gasteiger partial charge is 0.283 e. The highest BCUT2D eigenvalue weighted by molar-refractivity contribution is 7.21. The Hall–Kier alpha value is -2.37. The molecule has 110 valence electrons. The molecule has 1 heterocycles. The van der Waals surface area contributed by atoms with Crippen LogP contribution in [0.2, 0.25) is 5.02 Å². The number of thiophene rings is 1. The van der Waals surface area contributed by atoms with Crippen LogP contribution in [0.25, 0.3) is 10.1 Å². The van der Waals surface area contributed by atoms with E-state index < -0.39 is 0 Å². The lowest BCUT2D eigenvalue weighted by molar-refractivity contribution is 0.0959. The van der Waals surface area contributed by atoms with Crippen molar-refractivity contribution in [2.45, 2.75) is 0 Å². The van der Waals surface area contributed by atoms with Gasteiger partial charge in [0.1, 0.15) is 10.6 Å². The molecule has 0 aliphatic rings. The Labute approximate surface area is 135 Å². The second kappa shape index (κ2) is 6.17. The number of halogens is 1. The van der Waals surface area contributed by atoms with Crippen LogP contribution < -0.4 is 5.43 Å². The van der Waals surface area contributed by atoms with Gasteiger partial charge in [0.05, 0.1) is 11.2 Å². The molecule has 0 saturated heterocycles. The largest absolute Gasteiger partial charge is 0.508 e. The van der Waals surface area contributed by atoms with Gasteiger partial charge in [-0.3, -0.25) is 4.79 Å². The van der Waals surface area contributed by atoms with E-state index in [9.17, 15) is 9.90 Å². The minimum Gasteiger partial charge on any atom is -0.508 e. The molecule has 0 radical (unpaired) electrons. The molecular weight excluding hydrogens is 320 g/mol. The average Bonchev–Trinajstić information content (AvgIpc) is 2.87. The van der Waals surface area contributed by atoms with E-state index in [4.69, 9.17) is 11.6 Å². The van der Waals surface area contributed by atoms with E-state index in [1.807, 2.05) is 24.3 Å². The van der Waals surface area contributed by atoms with Gasteiger partial charge in [-0.15, -0.1) is 11.3 Å². The maximum atomic E-state index is 12.1. The monoisotopic (exact) mass is 330 g/mol. The SMILES string of the molecule is O=C(N/N=C\c1ccc(O)cc1)c1sc2ccccc2c1Cl. The maximum absolute atomic E-state index is 12.1. The zero-order valence-corrected chi connectivity index (χ0v) is 12.9. The summed E-state index contributed by atoms with van der Waals surface area (Å²) in [7, 11) is 0. The van der Waals surface area contributed by atoms with Gasteiger partial charge >= 0.3 is 0 Å². The predicted octanol–water partition coefficient (Wildman–Crippen LogP) is 4.02. The summed E-state index contributed by atoms with van der Waals surface area (Å²) in [6, 6.07) is 14.1. The number of benzene rings is 2. The summed E-state index contributed by atoms with van der Waals surface area (Å²) in [5.41, 5.74) is 3.22. The number of carbonyl (C=O) groups is 1. The fourth-order valence-electron chi connectivity index (χ4n) is 1.94. The van der Waals surface area contributed by atoms with Crippen molar-refractivity contribution in [1.29, 1.82) is 0 Å². The van der Waals surface area contributed by atoms with Gasteiger partial charge in [0, 0.05) is 10.1 Å². The number of phenols is 1. The third-order valence-electron chi connectivity index (χ3n) is 3.01. The van der Waals surface area contributed by atoms with Crippen LogP contribution in [-0.2, 0) is 0 Å². The van der Waals surface area contributed by atoms with Crippen molar-refractivity contribution < 1.29 is 9.90 Å². The van der Waals surface area contributed by atoms with E-state index >= 15 is 0 Å². The third kappa shape index (κ3) is 2.95. The molecule has 0 fully saturated rings. The second-order valence-corrected chi connectivity index (χ2v) is 5.96.